The van der Waals surface area contributed by atoms with Gasteiger partial charge in [-0.1, -0.05) is 6.08 Å². The second-order valence-electron chi connectivity index (χ2n) is 8.45. The summed E-state index contributed by atoms with van der Waals surface area (Å²) in [7, 11) is 0. The lowest BCUT2D eigenvalue weighted by Crippen LogP contribution is -2.40. The van der Waals surface area contributed by atoms with Gasteiger partial charge in [0.1, 0.15) is 0 Å². The Balaban J connectivity index is 1.39. The molecule has 0 spiro atoms. The highest BCUT2D eigenvalue weighted by Crippen LogP contribution is 2.27. The lowest BCUT2D eigenvalue weighted by atomic mass is 9.91. The first-order valence-electron chi connectivity index (χ1n) is 11.3. The fraction of sp³-hybridized carbons (Fsp3) is 0.727. The van der Waals surface area contributed by atoms with Crippen LogP contribution in [0.25, 0.3) is 0 Å². The number of nitrogens with one attached hydrogen (secondary N) is 1. The van der Waals surface area contributed by atoms with E-state index in [0.29, 0.717) is 18.3 Å². The third-order valence-electron chi connectivity index (χ3n) is 6.43. The molecule has 1 aromatic rings. The number of carbonyl (C=O) groups is 1. The molecule has 1 amide bonds. The average Bonchev–Trinajstić information content (AvgIpc) is 3.40. The molecule has 2 saturated heterocycles. The maximum atomic E-state index is 13.2. The monoisotopic (exact) mass is 417 g/mol. The number of carbonyl (C=O) groups excluding carboxylic acids is 1. The number of amides is 1. The molecular weight excluding hydrogens is 382 g/mol. The van der Waals surface area contributed by atoms with Crippen molar-refractivity contribution in [3.63, 3.8) is 0 Å². The maximum absolute atomic E-state index is 13.2. The average molecular weight is 418 g/mol. The molecule has 1 unspecified atom stereocenters. The van der Waals surface area contributed by atoms with Gasteiger partial charge in [-0.15, -0.1) is 6.58 Å². The van der Waals surface area contributed by atoms with Crippen LogP contribution in [0, 0.1) is 0 Å². The minimum atomic E-state index is 0.124. The zero-order chi connectivity index (χ0) is 20.1. The van der Waals surface area contributed by atoms with Crippen molar-refractivity contribution in [2.75, 3.05) is 50.8 Å². The van der Waals surface area contributed by atoms with Crippen LogP contribution >= 0.6 is 11.8 Å². The molecule has 0 bridgehead atoms. The van der Waals surface area contributed by atoms with Crippen molar-refractivity contribution in [1.29, 1.82) is 0 Å². The summed E-state index contributed by atoms with van der Waals surface area (Å²) in [6.07, 6.45) is 8.83. The second-order valence-corrected chi connectivity index (χ2v) is 9.67. The summed E-state index contributed by atoms with van der Waals surface area (Å²) in [6, 6.07) is 0.450. The van der Waals surface area contributed by atoms with Gasteiger partial charge >= 0.3 is 0 Å². The first-order valence-corrected chi connectivity index (χ1v) is 12.4. The molecule has 1 aromatic heterocycles. The molecule has 7 heteroatoms. The van der Waals surface area contributed by atoms with E-state index in [-0.39, 0.29) is 5.91 Å². The van der Waals surface area contributed by atoms with Crippen LogP contribution in [0.15, 0.2) is 12.7 Å². The molecule has 1 N–H and O–H groups in total. The molecule has 0 aromatic carbocycles. The predicted octanol–water partition coefficient (Wildman–Crippen LogP) is 2.19. The van der Waals surface area contributed by atoms with Crippen LogP contribution in [0.2, 0.25) is 0 Å². The van der Waals surface area contributed by atoms with E-state index in [2.05, 4.69) is 16.8 Å². The van der Waals surface area contributed by atoms with Crippen molar-refractivity contribution in [2.45, 2.75) is 51.1 Å². The van der Waals surface area contributed by atoms with E-state index in [4.69, 9.17) is 5.10 Å². The second kappa shape index (κ2) is 10.1. The molecule has 160 valence electrons. The number of hydrogen-bond donors (Lipinski definition) is 1. The lowest BCUT2D eigenvalue weighted by molar-refractivity contribution is 0.0764. The molecule has 2 aliphatic heterocycles. The quantitative estimate of drug-likeness (QED) is 0.519. The van der Waals surface area contributed by atoms with Gasteiger partial charge in [0.25, 0.3) is 5.91 Å². The molecule has 3 aliphatic rings. The zero-order valence-corrected chi connectivity index (χ0v) is 18.4. The highest BCUT2D eigenvalue weighted by atomic mass is 32.2. The van der Waals surface area contributed by atoms with Gasteiger partial charge in [-0.25, -0.2) is 0 Å². The highest BCUT2D eigenvalue weighted by molar-refractivity contribution is 7.99. The molecule has 0 saturated carbocycles. The number of nitrogens with zero attached hydrogens (tertiary/aromatic N) is 4. The zero-order valence-electron chi connectivity index (χ0n) is 17.6. The van der Waals surface area contributed by atoms with Crippen molar-refractivity contribution in [3.8, 4) is 0 Å². The molecule has 3 heterocycles. The smallest absolute Gasteiger partial charge is 0.274 e. The van der Waals surface area contributed by atoms with Gasteiger partial charge < -0.3 is 15.1 Å². The van der Waals surface area contributed by atoms with Crippen molar-refractivity contribution in [2.24, 2.45) is 0 Å². The summed E-state index contributed by atoms with van der Waals surface area (Å²) in [6.45, 7) is 11.0. The number of thioether (sulfide) groups is 1. The molecular formula is C22H35N5OS. The largest absolute Gasteiger partial charge is 0.336 e. The van der Waals surface area contributed by atoms with Crippen molar-refractivity contribution >= 4 is 17.7 Å². The van der Waals surface area contributed by atoms with E-state index in [1.54, 1.807) is 0 Å². The Morgan fingerprint density at radius 1 is 1.24 bits per heavy atom. The topological polar surface area (TPSA) is 53.4 Å². The van der Waals surface area contributed by atoms with Crippen LogP contribution in [0.3, 0.4) is 0 Å². The summed E-state index contributed by atoms with van der Waals surface area (Å²) >= 11 is 1.93. The Labute approximate surface area is 179 Å². The van der Waals surface area contributed by atoms with Gasteiger partial charge in [-0.05, 0) is 64.7 Å². The fourth-order valence-corrected chi connectivity index (χ4v) is 5.74. The van der Waals surface area contributed by atoms with Gasteiger partial charge in [0.05, 0.1) is 6.54 Å². The van der Waals surface area contributed by atoms with Crippen LogP contribution in [0.1, 0.15) is 47.4 Å². The SMILES string of the molecule is C=CCn1nc(C(=O)N2CCSCC2)c2c1CCC(NCCCN1CCCC1)C2. The Morgan fingerprint density at radius 2 is 2.03 bits per heavy atom. The summed E-state index contributed by atoms with van der Waals surface area (Å²) in [5, 5.41) is 8.51. The van der Waals surface area contributed by atoms with Gasteiger partial charge in [-0.3, -0.25) is 9.48 Å². The van der Waals surface area contributed by atoms with E-state index < -0.39 is 0 Å². The molecule has 1 aliphatic carbocycles. The molecule has 6 nitrogen and oxygen atoms in total. The van der Waals surface area contributed by atoms with Crippen molar-refractivity contribution in [3.05, 3.63) is 29.6 Å². The Morgan fingerprint density at radius 3 is 2.79 bits per heavy atom. The highest BCUT2D eigenvalue weighted by Gasteiger charge is 2.31. The summed E-state index contributed by atoms with van der Waals surface area (Å²) in [5.74, 6) is 2.18. The number of fused-ring (bicyclic) bond motifs is 1. The Bertz CT molecular complexity index is 706. The Hall–Kier alpha value is -1.31. The molecule has 1 atom stereocenters. The first-order chi connectivity index (χ1) is 14.3. The Kier molecular flexibility index (Phi) is 7.32. The summed E-state index contributed by atoms with van der Waals surface area (Å²) in [4.78, 5) is 17.8. The molecule has 0 radical (unpaired) electrons. The third-order valence-corrected chi connectivity index (χ3v) is 7.37. The third kappa shape index (κ3) is 5.06. The van der Waals surface area contributed by atoms with Crippen LogP contribution in [-0.2, 0) is 19.4 Å². The number of allylic oxidation sites excluding steroid dienone is 1. The first kappa shape index (κ1) is 20.9. The lowest BCUT2D eigenvalue weighted by Gasteiger charge is -2.27. The minimum absolute atomic E-state index is 0.124. The summed E-state index contributed by atoms with van der Waals surface area (Å²) in [5.41, 5.74) is 3.12. The molecule has 29 heavy (non-hydrogen) atoms. The van der Waals surface area contributed by atoms with Gasteiger partial charge in [0.2, 0.25) is 0 Å². The van der Waals surface area contributed by atoms with E-state index >= 15 is 0 Å². The standard InChI is InChI=1S/C22H35N5OS/c1-2-9-27-20-7-6-18(23-8-5-12-25-10-3-4-11-25)17-19(20)21(24-27)22(28)26-13-15-29-16-14-26/h2,18,23H,1,3-17H2. The number of hydrogen-bond acceptors (Lipinski definition) is 5. The summed E-state index contributed by atoms with van der Waals surface area (Å²) < 4.78 is 2.01. The fourth-order valence-electron chi connectivity index (χ4n) is 4.84. The van der Waals surface area contributed by atoms with Crippen molar-refractivity contribution < 1.29 is 4.79 Å². The van der Waals surface area contributed by atoms with Crippen LogP contribution in [0.4, 0.5) is 0 Å². The number of aromatic nitrogens is 2. The van der Waals surface area contributed by atoms with E-state index in [0.717, 1.165) is 50.4 Å². The van der Waals surface area contributed by atoms with Crippen LogP contribution in [0.5, 0.6) is 0 Å². The van der Waals surface area contributed by atoms with E-state index in [1.165, 1.54) is 50.2 Å². The normalized spacial score (nSPS) is 22.6. The molecule has 2 fully saturated rings. The maximum Gasteiger partial charge on any atom is 0.274 e. The van der Waals surface area contributed by atoms with Crippen molar-refractivity contribution in [1.82, 2.24) is 24.9 Å². The van der Waals surface area contributed by atoms with E-state index in [9.17, 15) is 4.79 Å². The van der Waals surface area contributed by atoms with Crippen LogP contribution < -0.4 is 5.32 Å². The van der Waals surface area contributed by atoms with Gasteiger partial charge in [-0.2, -0.15) is 16.9 Å². The van der Waals surface area contributed by atoms with Gasteiger partial charge in [0, 0.05) is 41.9 Å². The number of likely N-dealkylation sites (tertiary alicyclic amines) is 1. The minimum Gasteiger partial charge on any atom is -0.336 e. The van der Waals surface area contributed by atoms with Gasteiger partial charge in [0.15, 0.2) is 5.69 Å². The van der Waals surface area contributed by atoms with Crippen LogP contribution in [-0.4, -0.2) is 82.3 Å². The molecule has 4 rings (SSSR count). The number of rotatable bonds is 8. The van der Waals surface area contributed by atoms with E-state index in [1.807, 2.05) is 27.4 Å². The predicted molar refractivity (Wildman–Crippen MR) is 120 cm³/mol.